The molecule has 390 valence electrons. The highest BCUT2D eigenvalue weighted by atomic mass is 16.6. The average Bonchev–Trinajstić information content (AvgIpc) is 3.91. The summed E-state index contributed by atoms with van der Waals surface area (Å²) >= 11 is 0. The molecule has 1 aromatic rings. The number of Topliss-reactive ketones (excluding diaryl/α,β-unsaturated/α-hetero) is 3. The molecule has 17 heteroatoms. The Kier molecular flexibility index (Phi) is 17.3. The van der Waals surface area contributed by atoms with E-state index in [4.69, 9.17) is 30.5 Å². The van der Waals surface area contributed by atoms with Crippen molar-refractivity contribution in [2.75, 3.05) is 27.8 Å². The van der Waals surface area contributed by atoms with Gasteiger partial charge in [0, 0.05) is 63.9 Å². The number of carbonyl (C=O) groups is 5. The molecule has 1 amide bonds. The summed E-state index contributed by atoms with van der Waals surface area (Å²) in [4.78, 5) is 73.1. The number of aliphatic hydroxyl groups excluding tert-OH is 1. The third-order valence-electron chi connectivity index (χ3n) is 15.1. The summed E-state index contributed by atoms with van der Waals surface area (Å²) in [5.74, 6) is -15.5. The number of nitrogens with zero attached hydrogens (tertiary/aromatic N) is 5. The first-order chi connectivity index (χ1) is 35.8. The fraction of sp³-hybridized carbons (Fsp3) is 0.736. The number of aliphatic hydroxyl groups is 2. The molecule has 1 aliphatic carbocycles. The van der Waals surface area contributed by atoms with Crippen LogP contribution in [0.5, 0.6) is 0 Å². The molecule has 4 aliphatic rings. The smallest absolute Gasteiger partial charge is 0.329 e. The highest BCUT2D eigenvalue weighted by Crippen LogP contribution is 2.39. The van der Waals surface area contributed by atoms with E-state index < -0.39 is 127 Å². The molecular formula is C53H81N5O12. The first-order valence-corrected chi connectivity index (χ1v) is 24.7. The standard InChI is InChI=1S/C53H81N5O12/c1-31-17-13-12-14-18-32(2)44(66-9)28-40-22-20-36(6)53(65,70-40)50(62)51(63)57-24-16-15-19-42(57)52(64)69-45(34(4)26-39-21-23-41(46(27-39)67-10)58-30-54-55-56-58)29-43(59)33(3)25-35(5)47(60)49(68-11)48(61)38(8)37(31)7/h12-14,17-18,25,30-31,33-34,36-42,44-47,49,60,65H,15-16,19-24,26-29H2,1-11H3/b14-12+,17-13+,32-18+,35-25+/t31-,33-,34-,36-,37?,38-,39+,40+,41+,42+,44+,45+,46-,47-,49-,53-/m1/s1/i9D3,20D2,31D,37D. The van der Waals surface area contributed by atoms with Gasteiger partial charge in [0.05, 0.1) is 28.5 Å². The van der Waals surface area contributed by atoms with Gasteiger partial charge < -0.3 is 38.8 Å². The van der Waals surface area contributed by atoms with Crippen molar-refractivity contribution in [1.82, 2.24) is 25.1 Å². The van der Waals surface area contributed by atoms with E-state index in [1.54, 1.807) is 25.6 Å². The summed E-state index contributed by atoms with van der Waals surface area (Å²) in [5, 5.41) is 35.4. The number of allylic oxidation sites excluding steroid dienone is 6. The molecule has 1 aromatic heterocycles. The molecule has 5 rings (SSSR count). The summed E-state index contributed by atoms with van der Waals surface area (Å²) in [7, 11) is -0.124. The number of piperidine rings is 1. The van der Waals surface area contributed by atoms with E-state index in [-0.39, 0.29) is 49.4 Å². The summed E-state index contributed by atoms with van der Waals surface area (Å²) < 4.78 is 91.0. The summed E-state index contributed by atoms with van der Waals surface area (Å²) in [6.45, 7) is 12.0. The summed E-state index contributed by atoms with van der Waals surface area (Å²) in [6.07, 6.45) is 3.26. The molecule has 3 fully saturated rings. The van der Waals surface area contributed by atoms with Gasteiger partial charge in [-0.1, -0.05) is 78.0 Å². The Morgan fingerprint density at radius 1 is 0.971 bits per heavy atom. The zero-order valence-electron chi connectivity index (χ0n) is 49.5. The zero-order valence-corrected chi connectivity index (χ0v) is 42.5. The number of carbonyl (C=O) groups excluding carboxylic acids is 5. The number of hydrogen-bond acceptors (Lipinski definition) is 15. The lowest BCUT2D eigenvalue weighted by Gasteiger charge is -2.42. The van der Waals surface area contributed by atoms with Crippen LogP contribution in [0.4, 0.5) is 0 Å². The van der Waals surface area contributed by atoms with Crippen LogP contribution in [-0.2, 0) is 47.7 Å². The van der Waals surface area contributed by atoms with E-state index in [1.807, 2.05) is 6.92 Å². The van der Waals surface area contributed by atoms with Gasteiger partial charge in [-0.15, -0.1) is 5.10 Å². The minimum Gasteiger partial charge on any atom is -0.460 e. The molecule has 0 radical (unpaired) electrons. The van der Waals surface area contributed by atoms with Crippen molar-refractivity contribution in [3.05, 3.63) is 53.9 Å². The molecule has 1 unspecified atom stereocenters. The zero-order chi connectivity index (χ0) is 57.6. The number of ketones is 3. The van der Waals surface area contributed by atoms with Crippen molar-refractivity contribution in [2.24, 2.45) is 41.4 Å². The van der Waals surface area contributed by atoms with Crippen LogP contribution in [0.3, 0.4) is 0 Å². The molecule has 17 nitrogen and oxygen atoms in total. The number of fused-ring (bicyclic) bond motifs is 3. The van der Waals surface area contributed by atoms with Crippen molar-refractivity contribution in [3.63, 3.8) is 0 Å². The molecule has 0 aromatic carbocycles. The van der Waals surface area contributed by atoms with Crippen LogP contribution in [0, 0.1) is 41.4 Å². The van der Waals surface area contributed by atoms with Crippen molar-refractivity contribution in [3.8, 4) is 0 Å². The molecular weight excluding hydrogens is 899 g/mol. The monoisotopic (exact) mass is 987 g/mol. The minimum absolute atomic E-state index is 0.0435. The van der Waals surface area contributed by atoms with Crippen LogP contribution in [0.1, 0.15) is 142 Å². The molecule has 3 aliphatic heterocycles. The Hall–Kier alpha value is -4.26. The van der Waals surface area contributed by atoms with Crippen molar-refractivity contribution in [1.29, 1.82) is 0 Å². The molecule has 70 heavy (non-hydrogen) atoms. The van der Waals surface area contributed by atoms with Gasteiger partial charge in [-0.05, 0) is 117 Å². The summed E-state index contributed by atoms with van der Waals surface area (Å²) in [5.41, 5.74) is 0.522. The SMILES string of the molecule is [2H]C([2H])([2H])O[C@H]1C[C@@H]2CC([2H])([2H])[C@@H](C)[C@@](O)(O2)C(=O)C(=O)N2CCCC[C@H]2C(=O)O[C@H]([C@H](C)C[C@@H]2CC[C@H](n3cnnn3)[C@H](OC)C2)CC(=O)[C@H](C)/C=C(\C)[C@@H](O)[C@@H](OC)C(=O)[C@H](C)C([2H])(C)[C@]([2H])(C)/C=C/C=C/C=C/1C. The largest absolute Gasteiger partial charge is 0.460 e. The summed E-state index contributed by atoms with van der Waals surface area (Å²) in [6, 6.07) is -1.48. The Bertz CT molecular complexity index is 2360. The topological polar surface area (TPSA) is 219 Å². The maximum atomic E-state index is 14.6. The first kappa shape index (κ1) is 46.8. The van der Waals surface area contributed by atoms with E-state index in [0.717, 1.165) is 11.3 Å². The maximum absolute atomic E-state index is 14.6. The van der Waals surface area contributed by atoms with Crippen LogP contribution in [0.25, 0.3) is 0 Å². The van der Waals surface area contributed by atoms with Gasteiger partial charge in [-0.25, -0.2) is 9.48 Å². The predicted molar refractivity (Wildman–Crippen MR) is 261 cm³/mol. The van der Waals surface area contributed by atoms with Crippen molar-refractivity contribution >= 4 is 29.2 Å². The third kappa shape index (κ3) is 13.8. The molecule has 1 saturated carbocycles. The van der Waals surface area contributed by atoms with Gasteiger partial charge in [-0.3, -0.25) is 19.2 Å². The van der Waals surface area contributed by atoms with Gasteiger partial charge in [0.15, 0.2) is 5.78 Å². The molecule has 2 saturated heterocycles. The highest BCUT2D eigenvalue weighted by molar-refractivity contribution is 6.39. The fourth-order valence-corrected chi connectivity index (χ4v) is 10.2. The molecule has 0 spiro atoms. The van der Waals surface area contributed by atoms with E-state index in [2.05, 4.69) is 15.5 Å². The number of methoxy groups -OCH3 is 3. The normalized spacial score (nSPS) is 43.9. The second-order valence-electron chi connectivity index (χ2n) is 19.9. The Morgan fingerprint density at radius 2 is 1.73 bits per heavy atom. The van der Waals surface area contributed by atoms with E-state index in [0.29, 0.717) is 37.7 Å². The van der Waals surface area contributed by atoms with Gasteiger partial charge in [0.25, 0.3) is 11.7 Å². The molecule has 2 bridgehead atoms. The number of cyclic esters (lactones) is 1. The van der Waals surface area contributed by atoms with Gasteiger partial charge in [0.2, 0.25) is 5.79 Å². The van der Waals surface area contributed by atoms with Crippen LogP contribution >= 0.6 is 0 Å². The first-order valence-electron chi connectivity index (χ1n) is 28.2. The van der Waals surface area contributed by atoms with Gasteiger partial charge in [0.1, 0.15) is 36.5 Å². The van der Waals surface area contributed by atoms with E-state index in [9.17, 15) is 36.9 Å². The average molecular weight is 987 g/mol. The van der Waals surface area contributed by atoms with Crippen LogP contribution < -0.4 is 0 Å². The quantitative estimate of drug-likeness (QED) is 0.174. The lowest BCUT2D eigenvalue weighted by atomic mass is 9.77. The number of aromatic nitrogens is 4. The molecule has 4 heterocycles. The Labute approximate surface area is 424 Å². The maximum Gasteiger partial charge on any atom is 0.329 e. The molecule has 16 atom stereocenters. The third-order valence-corrected chi connectivity index (χ3v) is 15.1. The van der Waals surface area contributed by atoms with Crippen LogP contribution in [0.15, 0.2) is 53.9 Å². The van der Waals surface area contributed by atoms with Gasteiger partial charge >= 0.3 is 5.97 Å². The number of rotatable bonds is 7. The Morgan fingerprint density at radius 3 is 2.41 bits per heavy atom. The second-order valence-corrected chi connectivity index (χ2v) is 19.9. The van der Waals surface area contributed by atoms with Crippen molar-refractivity contribution in [2.45, 2.75) is 180 Å². The van der Waals surface area contributed by atoms with Crippen LogP contribution in [-0.4, -0.2) is 141 Å². The fourth-order valence-electron chi connectivity index (χ4n) is 10.2. The van der Waals surface area contributed by atoms with E-state index >= 15 is 0 Å². The molecule has 2 N–H and O–H groups in total. The lowest BCUT2D eigenvalue weighted by Crippen LogP contribution is -2.61. The highest BCUT2D eigenvalue weighted by Gasteiger charge is 2.53. The van der Waals surface area contributed by atoms with Gasteiger partial charge in [-0.2, -0.15) is 0 Å². The number of ether oxygens (including phenoxy) is 5. The lowest BCUT2D eigenvalue weighted by molar-refractivity contribution is -0.265. The number of hydrogen-bond donors (Lipinski definition) is 2. The minimum atomic E-state index is -3.08. The second kappa shape index (κ2) is 25.9. The van der Waals surface area contributed by atoms with Crippen molar-refractivity contribution < 1.29 is 67.5 Å². The van der Waals surface area contributed by atoms with Crippen LogP contribution in [0.2, 0.25) is 0 Å². The number of amides is 1. The number of esters is 1. The predicted octanol–water partition coefficient (Wildman–Crippen LogP) is 6.29. The van der Waals surface area contributed by atoms with E-state index in [1.165, 1.54) is 84.5 Å². The number of tetrazole rings is 1. The Balaban J connectivity index is 1.56.